The van der Waals surface area contributed by atoms with Crippen molar-refractivity contribution in [3.8, 4) is 5.75 Å². The molecule has 200 valence electrons. The smallest absolute Gasteiger partial charge is 0.326 e. The molecule has 0 aliphatic rings. The number of carboxylic acids is 2. The van der Waals surface area contributed by atoms with Gasteiger partial charge in [-0.15, -0.1) is 0 Å². The zero-order chi connectivity index (χ0) is 27.6. The first-order chi connectivity index (χ1) is 16.8. The minimum absolute atomic E-state index is 0.00101. The van der Waals surface area contributed by atoms with E-state index in [1.165, 1.54) is 24.3 Å². The number of carbonyl (C=O) groups excluding carboxylic acids is 3. The highest BCUT2D eigenvalue weighted by Crippen LogP contribution is 2.13. The first-order valence-electron chi connectivity index (χ1n) is 11.7. The molecule has 0 aromatic heterocycles. The van der Waals surface area contributed by atoms with Gasteiger partial charge in [0, 0.05) is 6.42 Å². The summed E-state index contributed by atoms with van der Waals surface area (Å²) < 4.78 is 0. The van der Waals surface area contributed by atoms with Gasteiger partial charge in [-0.2, -0.15) is 0 Å². The molecule has 0 bridgehead atoms. The summed E-state index contributed by atoms with van der Waals surface area (Å²) in [6.45, 7) is 6.76. The van der Waals surface area contributed by atoms with Crippen molar-refractivity contribution in [1.29, 1.82) is 0 Å². The molecule has 5 unspecified atom stereocenters. The topological polar surface area (TPSA) is 208 Å². The molecule has 0 spiro atoms. The van der Waals surface area contributed by atoms with Gasteiger partial charge in [-0.25, -0.2) is 4.79 Å². The van der Waals surface area contributed by atoms with E-state index < -0.39 is 66.2 Å². The third-order valence-corrected chi connectivity index (χ3v) is 5.81. The van der Waals surface area contributed by atoms with Crippen molar-refractivity contribution in [2.75, 3.05) is 0 Å². The average molecular weight is 509 g/mol. The van der Waals surface area contributed by atoms with Gasteiger partial charge in [-0.3, -0.25) is 19.2 Å². The van der Waals surface area contributed by atoms with Gasteiger partial charge in [0.25, 0.3) is 0 Å². The number of nitrogens with two attached hydrogens (primary N) is 1. The third-order valence-electron chi connectivity index (χ3n) is 5.81. The van der Waals surface area contributed by atoms with Gasteiger partial charge in [-0.05, 0) is 29.5 Å². The lowest BCUT2D eigenvalue weighted by atomic mass is 9.98. The predicted molar refractivity (Wildman–Crippen MR) is 130 cm³/mol. The first-order valence-corrected chi connectivity index (χ1v) is 11.7. The number of phenols is 1. The Bertz CT molecular complexity index is 935. The number of aliphatic carboxylic acids is 2. The van der Waals surface area contributed by atoms with Crippen LogP contribution in [0.3, 0.4) is 0 Å². The van der Waals surface area contributed by atoms with Crippen LogP contribution in [0.1, 0.15) is 46.1 Å². The van der Waals surface area contributed by atoms with Gasteiger partial charge >= 0.3 is 11.9 Å². The molecule has 0 radical (unpaired) electrons. The molecular weight excluding hydrogens is 472 g/mol. The summed E-state index contributed by atoms with van der Waals surface area (Å²) in [5.74, 6) is -5.84. The highest BCUT2D eigenvalue weighted by Gasteiger charge is 2.33. The molecule has 8 N–H and O–H groups in total. The summed E-state index contributed by atoms with van der Waals surface area (Å²) >= 11 is 0. The fourth-order valence-corrected chi connectivity index (χ4v) is 3.28. The fourth-order valence-electron chi connectivity index (χ4n) is 3.28. The number of nitrogens with one attached hydrogen (secondary N) is 3. The maximum absolute atomic E-state index is 13.2. The Balaban J connectivity index is 3.17. The minimum atomic E-state index is -1.60. The molecule has 0 aliphatic carbocycles. The van der Waals surface area contributed by atoms with Gasteiger partial charge in [-0.1, -0.05) is 46.2 Å². The van der Waals surface area contributed by atoms with Gasteiger partial charge in [0.05, 0.1) is 12.5 Å². The van der Waals surface area contributed by atoms with Crippen molar-refractivity contribution in [3.05, 3.63) is 29.8 Å². The van der Waals surface area contributed by atoms with E-state index in [9.17, 15) is 39.3 Å². The van der Waals surface area contributed by atoms with Crippen molar-refractivity contribution in [1.82, 2.24) is 16.0 Å². The number of benzene rings is 1. The molecule has 0 heterocycles. The highest BCUT2D eigenvalue weighted by molar-refractivity contribution is 5.95. The molecule has 0 aliphatic heterocycles. The van der Waals surface area contributed by atoms with E-state index in [1.54, 1.807) is 20.8 Å². The molecule has 0 fully saturated rings. The SMILES string of the molecule is CCC(C)C(N)C(=O)NC(Cc1ccc(O)cc1)C(=O)NC(CC(=O)O)C(=O)NC(C(=O)O)C(C)C. The zero-order valence-corrected chi connectivity index (χ0v) is 20.9. The minimum Gasteiger partial charge on any atom is -0.508 e. The summed E-state index contributed by atoms with van der Waals surface area (Å²) in [6, 6.07) is 0.832. The summed E-state index contributed by atoms with van der Waals surface area (Å²) in [5, 5.41) is 35.2. The maximum atomic E-state index is 13.2. The second-order valence-electron chi connectivity index (χ2n) is 9.07. The number of phenolic OH excluding ortho intramolecular Hbond substituents is 1. The van der Waals surface area contributed by atoms with Crippen molar-refractivity contribution in [2.24, 2.45) is 17.6 Å². The number of carbonyl (C=O) groups is 5. The number of carboxylic acid groups (broad SMARTS) is 2. The fraction of sp³-hybridized carbons (Fsp3) is 0.542. The van der Waals surface area contributed by atoms with Crippen LogP contribution in [0.15, 0.2) is 24.3 Å². The van der Waals surface area contributed by atoms with Crippen LogP contribution >= 0.6 is 0 Å². The second kappa shape index (κ2) is 14.0. The Morgan fingerprint density at radius 1 is 0.861 bits per heavy atom. The van der Waals surface area contributed by atoms with Gasteiger partial charge in [0.2, 0.25) is 17.7 Å². The molecule has 1 rings (SSSR count). The molecule has 36 heavy (non-hydrogen) atoms. The largest absolute Gasteiger partial charge is 0.508 e. The van der Waals surface area contributed by atoms with Gasteiger partial charge in [0.15, 0.2) is 0 Å². The molecule has 1 aromatic rings. The molecular formula is C24H36N4O8. The van der Waals surface area contributed by atoms with Crippen molar-refractivity contribution >= 4 is 29.7 Å². The normalized spacial score (nSPS) is 15.2. The molecule has 1 aromatic carbocycles. The van der Waals surface area contributed by atoms with Gasteiger partial charge < -0.3 is 37.0 Å². The Labute approximate surface area is 209 Å². The van der Waals surface area contributed by atoms with E-state index in [2.05, 4.69) is 16.0 Å². The van der Waals surface area contributed by atoms with E-state index in [0.717, 1.165) is 0 Å². The van der Waals surface area contributed by atoms with Crippen LogP contribution in [0.25, 0.3) is 0 Å². The van der Waals surface area contributed by atoms with Crippen molar-refractivity contribution in [2.45, 2.75) is 71.1 Å². The zero-order valence-electron chi connectivity index (χ0n) is 20.9. The Kier molecular flexibility index (Phi) is 11.8. The summed E-state index contributed by atoms with van der Waals surface area (Å²) in [4.78, 5) is 61.4. The van der Waals surface area contributed by atoms with Crippen LogP contribution in [-0.2, 0) is 30.4 Å². The lowest BCUT2D eigenvalue weighted by molar-refractivity contribution is -0.144. The third kappa shape index (κ3) is 9.53. The summed E-state index contributed by atoms with van der Waals surface area (Å²) in [5.41, 5.74) is 6.55. The first kappa shape index (κ1) is 30.4. The second-order valence-corrected chi connectivity index (χ2v) is 9.07. The summed E-state index contributed by atoms with van der Waals surface area (Å²) in [7, 11) is 0. The van der Waals surface area contributed by atoms with Crippen LogP contribution < -0.4 is 21.7 Å². The number of hydrogen-bond donors (Lipinski definition) is 7. The monoisotopic (exact) mass is 508 g/mol. The van der Waals surface area contributed by atoms with E-state index in [-0.39, 0.29) is 18.1 Å². The number of aromatic hydroxyl groups is 1. The summed E-state index contributed by atoms with van der Waals surface area (Å²) in [6.07, 6.45) is -0.241. The Morgan fingerprint density at radius 2 is 1.39 bits per heavy atom. The number of hydrogen-bond acceptors (Lipinski definition) is 7. The van der Waals surface area contributed by atoms with Crippen molar-refractivity contribution < 1.29 is 39.3 Å². The van der Waals surface area contributed by atoms with E-state index in [4.69, 9.17) is 5.73 Å². The predicted octanol–water partition coefficient (Wildman–Crippen LogP) is -0.0222. The lowest BCUT2D eigenvalue weighted by Gasteiger charge is -2.26. The number of amides is 3. The van der Waals surface area contributed by atoms with Crippen LogP contribution in [0.2, 0.25) is 0 Å². The molecule has 5 atom stereocenters. The van der Waals surface area contributed by atoms with Crippen LogP contribution in [-0.4, -0.2) is 69.1 Å². The molecule has 3 amide bonds. The Morgan fingerprint density at radius 3 is 1.86 bits per heavy atom. The molecule has 12 heteroatoms. The van der Waals surface area contributed by atoms with Crippen molar-refractivity contribution in [3.63, 3.8) is 0 Å². The standard InChI is InChI=1S/C24H36N4O8/c1-5-13(4)19(25)23(34)27-16(10-14-6-8-15(29)9-7-14)21(32)26-17(11-18(30)31)22(33)28-20(12(2)3)24(35)36/h6-9,12-13,16-17,19-20,29H,5,10-11,25H2,1-4H3,(H,26,32)(H,27,34)(H,28,33)(H,30,31)(H,35,36). The van der Waals surface area contributed by atoms with Crippen LogP contribution in [0, 0.1) is 11.8 Å². The van der Waals surface area contributed by atoms with E-state index >= 15 is 0 Å². The quantitative estimate of drug-likeness (QED) is 0.180. The molecule has 0 saturated heterocycles. The lowest BCUT2D eigenvalue weighted by Crippen LogP contribution is -2.58. The maximum Gasteiger partial charge on any atom is 0.326 e. The Hall–Kier alpha value is -3.67. The van der Waals surface area contributed by atoms with E-state index in [0.29, 0.717) is 12.0 Å². The molecule has 0 saturated carbocycles. The highest BCUT2D eigenvalue weighted by atomic mass is 16.4. The molecule has 12 nitrogen and oxygen atoms in total. The van der Waals surface area contributed by atoms with Crippen LogP contribution in [0.4, 0.5) is 0 Å². The van der Waals surface area contributed by atoms with E-state index in [1.807, 2.05) is 6.92 Å². The van der Waals surface area contributed by atoms with Gasteiger partial charge in [0.1, 0.15) is 23.9 Å². The number of rotatable bonds is 14. The van der Waals surface area contributed by atoms with Crippen LogP contribution in [0.5, 0.6) is 5.75 Å². The average Bonchev–Trinajstić information content (AvgIpc) is 2.80.